The lowest BCUT2D eigenvalue weighted by molar-refractivity contribution is -0.378. The molecule has 0 spiro atoms. The summed E-state index contributed by atoms with van der Waals surface area (Å²) in [5.41, 5.74) is 5.79. The van der Waals surface area contributed by atoms with Crippen LogP contribution in [-0.4, -0.2) is 33.8 Å². The minimum absolute atomic E-state index is 0.0733. The first-order valence-corrected chi connectivity index (χ1v) is 6.56. The van der Waals surface area contributed by atoms with Crippen molar-refractivity contribution >= 4 is 0 Å². The van der Waals surface area contributed by atoms with Crippen molar-refractivity contribution in [3.63, 3.8) is 0 Å². The highest BCUT2D eigenvalue weighted by Gasteiger charge is 2.38. The molecule has 0 amide bonds. The molecule has 4 nitrogen and oxygen atoms in total. The first-order chi connectivity index (χ1) is 8.20. The Bertz CT molecular complexity index is 164. The third kappa shape index (κ3) is 5.34. The Kier molecular flexibility index (Phi) is 9.74. The number of ether oxygens (including phenoxy) is 3. The lowest BCUT2D eigenvalue weighted by atomic mass is 9.98. The highest BCUT2D eigenvalue weighted by molar-refractivity contribution is 4.71. The second-order valence-electron chi connectivity index (χ2n) is 4.35. The van der Waals surface area contributed by atoms with Crippen LogP contribution in [0.1, 0.15) is 45.4 Å². The van der Waals surface area contributed by atoms with Crippen molar-refractivity contribution in [3.8, 4) is 0 Å². The van der Waals surface area contributed by atoms with E-state index in [1.165, 1.54) is 25.7 Å². The van der Waals surface area contributed by atoms with Crippen molar-refractivity contribution in [2.75, 3.05) is 27.9 Å². The summed E-state index contributed by atoms with van der Waals surface area (Å²) in [6, 6.07) is 0. The number of hydrogen-bond acceptors (Lipinski definition) is 4. The zero-order valence-corrected chi connectivity index (χ0v) is 11.8. The second kappa shape index (κ2) is 9.83. The predicted molar refractivity (Wildman–Crippen MR) is 69.7 cm³/mol. The Morgan fingerprint density at radius 2 is 1.47 bits per heavy atom. The topological polar surface area (TPSA) is 53.7 Å². The maximum Gasteiger partial charge on any atom is 0.286 e. The normalized spacial score (nSPS) is 13.9. The van der Waals surface area contributed by atoms with E-state index in [-0.39, 0.29) is 5.92 Å². The highest BCUT2D eigenvalue weighted by atomic mass is 16.9. The average molecular weight is 247 g/mol. The van der Waals surface area contributed by atoms with Gasteiger partial charge in [-0.15, -0.1) is 0 Å². The molecule has 17 heavy (non-hydrogen) atoms. The third-order valence-corrected chi connectivity index (χ3v) is 3.29. The lowest BCUT2D eigenvalue weighted by Crippen LogP contribution is -2.47. The molecule has 0 heterocycles. The van der Waals surface area contributed by atoms with Gasteiger partial charge in [0.2, 0.25) is 0 Å². The lowest BCUT2D eigenvalue weighted by Gasteiger charge is -2.35. The number of hydrogen-bond donors (Lipinski definition) is 1. The van der Waals surface area contributed by atoms with Gasteiger partial charge in [0.15, 0.2) is 0 Å². The summed E-state index contributed by atoms with van der Waals surface area (Å²) in [6.45, 7) is 2.72. The van der Waals surface area contributed by atoms with Gasteiger partial charge in [0.1, 0.15) is 0 Å². The Balaban J connectivity index is 4.11. The largest absolute Gasteiger partial charge is 0.331 e. The van der Waals surface area contributed by atoms with Gasteiger partial charge in [0.05, 0.1) is 5.92 Å². The van der Waals surface area contributed by atoms with Crippen molar-refractivity contribution in [2.24, 2.45) is 11.7 Å². The van der Waals surface area contributed by atoms with Crippen LogP contribution in [-0.2, 0) is 14.2 Å². The molecule has 0 aromatic carbocycles. The van der Waals surface area contributed by atoms with Crippen LogP contribution in [0.2, 0.25) is 0 Å². The molecule has 0 saturated heterocycles. The Morgan fingerprint density at radius 1 is 0.941 bits per heavy atom. The SMILES string of the molecule is CCCCCCCC(CN)C(OC)(OC)OC. The van der Waals surface area contributed by atoms with E-state index in [1.807, 2.05) is 0 Å². The zero-order valence-electron chi connectivity index (χ0n) is 11.8. The van der Waals surface area contributed by atoms with E-state index in [4.69, 9.17) is 19.9 Å². The van der Waals surface area contributed by atoms with Crippen molar-refractivity contribution in [2.45, 2.75) is 51.4 Å². The molecule has 1 atom stereocenters. The summed E-state index contributed by atoms with van der Waals surface area (Å²) in [5, 5.41) is 0. The van der Waals surface area contributed by atoms with Gasteiger partial charge in [-0.1, -0.05) is 39.0 Å². The molecule has 0 fully saturated rings. The van der Waals surface area contributed by atoms with Crippen molar-refractivity contribution in [1.82, 2.24) is 0 Å². The monoisotopic (exact) mass is 247 g/mol. The van der Waals surface area contributed by atoms with E-state index >= 15 is 0 Å². The molecule has 2 N–H and O–H groups in total. The van der Waals surface area contributed by atoms with E-state index in [2.05, 4.69) is 6.92 Å². The van der Waals surface area contributed by atoms with Crippen LogP contribution in [0.4, 0.5) is 0 Å². The zero-order chi connectivity index (χ0) is 13.1. The van der Waals surface area contributed by atoms with E-state index < -0.39 is 5.97 Å². The molecule has 0 rings (SSSR count). The van der Waals surface area contributed by atoms with Crippen LogP contribution in [0, 0.1) is 5.92 Å². The number of methoxy groups -OCH3 is 3. The maximum atomic E-state index is 5.79. The van der Waals surface area contributed by atoms with Gasteiger partial charge in [-0.3, -0.25) is 0 Å². The molecule has 0 aliphatic carbocycles. The van der Waals surface area contributed by atoms with Crippen LogP contribution in [0.5, 0.6) is 0 Å². The van der Waals surface area contributed by atoms with Crippen LogP contribution in [0.15, 0.2) is 0 Å². The highest BCUT2D eigenvalue weighted by Crippen LogP contribution is 2.27. The van der Waals surface area contributed by atoms with Crippen molar-refractivity contribution < 1.29 is 14.2 Å². The molecule has 104 valence electrons. The number of rotatable bonds is 11. The molecular formula is C13H29NO3. The summed E-state index contributed by atoms with van der Waals surface area (Å²) in [6.07, 6.45) is 7.19. The minimum Gasteiger partial charge on any atom is -0.331 e. The van der Waals surface area contributed by atoms with Gasteiger partial charge in [-0.05, 0) is 6.42 Å². The molecule has 0 radical (unpaired) electrons. The van der Waals surface area contributed by atoms with Gasteiger partial charge < -0.3 is 19.9 Å². The molecular weight excluding hydrogens is 218 g/mol. The van der Waals surface area contributed by atoms with Crippen LogP contribution in [0.3, 0.4) is 0 Å². The fourth-order valence-corrected chi connectivity index (χ4v) is 2.18. The van der Waals surface area contributed by atoms with Crippen molar-refractivity contribution in [1.29, 1.82) is 0 Å². The first-order valence-electron chi connectivity index (χ1n) is 6.56. The molecule has 0 aliphatic rings. The molecule has 0 saturated carbocycles. The number of nitrogens with two attached hydrogens (primary N) is 1. The molecule has 0 aromatic rings. The standard InChI is InChI=1S/C13H29NO3/c1-5-6-7-8-9-10-12(11-14)13(15-2,16-3)17-4/h12H,5-11,14H2,1-4H3. The summed E-state index contributed by atoms with van der Waals surface area (Å²) in [7, 11) is 4.77. The summed E-state index contributed by atoms with van der Waals surface area (Å²) in [4.78, 5) is 0. The van der Waals surface area contributed by atoms with E-state index in [0.717, 1.165) is 12.8 Å². The van der Waals surface area contributed by atoms with Crippen LogP contribution in [0.25, 0.3) is 0 Å². The Labute approximate surface area is 106 Å². The van der Waals surface area contributed by atoms with E-state index in [1.54, 1.807) is 21.3 Å². The number of unbranched alkanes of at least 4 members (excludes halogenated alkanes) is 4. The first kappa shape index (κ1) is 16.8. The summed E-state index contributed by atoms with van der Waals surface area (Å²) >= 11 is 0. The fourth-order valence-electron chi connectivity index (χ4n) is 2.18. The molecule has 4 heteroatoms. The Hall–Kier alpha value is -0.160. The summed E-state index contributed by atoms with van der Waals surface area (Å²) in [5.74, 6) is -0.913. The quantitative estimate of drug-likeness (QED) is 0.450. The predicted octanol–water partition coefficient (Wildman–Crippen LogP) is 2.51. The maximum absolute atomic E-state index is 5.79. The van der Waals surface area contributed by atoms with Gasteiger partial charge in [0, 0.05) is 27.9 Å². The van der Waals surface area contributed by atoms with Gasteiger partial charge in [0.25, 0.3) is 5.97 Å². The second-order valence-corrected chi connectivity index (χ2v) is 4.35. The molecule has 1 unspecified atom stereocenters. The molecule has 0 aliphatic heterocycles. The van der Waals surface area contributed by atoms with Crippen molar-refractivity contribution in [3.05, 3.63) is 0 Å². The average Bonchev–Trinajstić information content (AvgIpc) is 2.38. The van der Waals surface area contributed by atoms with Crippen LogP contribution >= 0.6 is 0 Å². The van der Waals surface area contributed by atoms with E-state index in [9.17, 15) is 0 Å². The molecule has 0 aromatic heterocycles. The van der Waals surface area contributed by atoms with Gasteiger partial charge >= 0.3 is 0 Å². The van der Waals surface area contributed by atoms with Crippen LogP contribution < -0.4 is 5.73 Å². The third-order valence-electron chi connectivity index (χ3n) is 3.29. The smallest absolute Gasteiger partial charge is 0.286 e. The summed E-state index contributed by atoms with van der Waals surface area (Å²) < 4.78 is 16.0. The Morgan fingerprint density at radius 3 is 1.88 bits per heavy atom. The fraction of sp³-hybridized carbons (Fsp3) is 1.00. The van der Waals surface area contributed by atoms with Gasteiger partial charge in [-0.2, -0.15) is 0 Å². The van der Waals surface area contributed by atoms with E-state index in [0.29, 0.717) is 6.54 Å². The minimum atomic E-state index is -0.987. The molecule has 0 bridgehead atoms. The van der Waals surface area contributed by atoms with Gasteiger partial charge in [-0.25, -0.2) is 0 Å².